The molecule has 0 spiro atoms. The Labute approximate surface area is 122 Å². The third kappa shape index (κ3) is 2.89. The molecule has 1 amide bonds. The van der Waals surface area contributed by atoms with E-state index in [2.05, 4.69) is 25.1 Å². The maximum Gasteiger partial charge on any atom is 0.226 e. The van der Waals surface area contributed by atoms with Crippen LogP contribution in [0.3, 0.4) is 0 Å². The van der Waals surface area contributed by atoms with Crippen LogP contribution in [0.4, 0.5) is 0 Å². The fourth-order valence-corrected chi connectivity index (χ4v) is 3.32. The van der Waals surface area contributed by atoms with E-state index in [4.69, 9.17) is 0 Å². The Morgan fingerprint density at radius 1 is 1.25 bits per heavy atom. The van der Waals surface area contributed by atoms with Crippen molar-refractivity contribution in [3.63, 3.8) is 0 Å². The second-order valence-corrected chi connectivity index (χ2v) is 6.57. The summed E-state index contributed by atoms with van der Waals surface area (Å²) >= 11 is 0. The molecule has 0 radical (unpaired) electrons. The maximum absolute atomic E-state index is 12.4. The lowest BCUT2D eigenvalue weighted by Gasteiger charge is -2.25. The normalized spacial score (nSPS) is 19.3. The zero-order valence-corrected chi connectivity index (χ0v) is 12.7. The van der Waals surface area contributed by atoms with Gasteiger partial charge in [-0.05, 0) is 68.1 Å². The fourth-order valence-electron chi connectivity index (χ4n) is 3.32. The highest BCUT2D eigenvalue weighted by atomic mass is 16.2. The van der Waals surface area contributed by atoms with E-state index in [1.807, 2.05) is 11.9 Å². The summed E-state index contributed by atoms with van der Waals surface area (Å²) in [5, 5.41) is 0. The highest BCUT2D eigenvalue weighted by Gasteiger charge is 2.32. The lowest BCUT2D eigenvalue weighted by Crippen LogP contribution is -2.37. The monoisotopic (exact) mass is 271 g/mol. The first kappa shape index (κ1) is 13.7. The molecule has 0 aliphatic heterocycles. The van der Waals surface area contributed by atoms with Crippen LogP contribution >= 0.6 is 0 Å². The third-order valence-corrected chi connectivity index (χ3v) is 5.08. The van der Waals surface area contributed by atoms with E-state index in [-0.39, 0.29) is 5.91 Å². The van der Waals surface area contributed by atoms with Crippen molar-refractivity contribution in [3.8, 4) is 0 Å². The van der Waals surface area contributed by atoms with E-state index < -0.39 is 0 Å². The zero-order chi connectivity index (χ0) is 14.1. The standard InChI is InChI=1S/C18H25NO/c1-13(15-9-10-15)19(2)18(20)12-14-7-8-16-5-3-4-6-17(16)11-14/h7-8,11,13,15H,3-6,9-10,12H2,1-2H3. The van der Waals surface area contributed by atoms with Gasteiger partial charge in [-0.1, -0.05) is 18.2 Å². The second-order valence-electron chi connectivity index (χ2n) is 6.57. The Morgan fingerprint density at radius 2 is 1.95 bits per heavy atom. The molecular formula is C18H25NO. The van der Waals surface area contributed by atoms with Crippen molar-refractivity contribution in [1.29, 1.82) is 0 Å². The number of hydrogen-bond donors (Lipinski definition) is 0. The highest BCUT2D eigenvalue weighted by molar-refractivity contribution is 5.79. The smallest absolute Gasteiger partial charge is 0.226 e. The number of benzene rings is 1. The number of nitrogens with zero attached hydrogens (tertiary/aromatic N) is 1. The average molecular weight is 271 g/mol. The number of rotatable bonds is 4. The lowest BCUT2D eigenvalue weighted by atomic mass is 9.90. The largest absolute Gasteiger partial charge is 0.342 e. The SMILES string of the molecule is CC(C1CC1)N(C)C(=O)Cc1ccc2c(c1)CCCC2. The summed E-state index contributed by atoms with van der Waals surface area (Å²) < 4.78 is 0. The Kier molecular flexibility index (Phi) is 3.82. The summed E-state index contributed by atoms with van der Waals surface area (Å²) in [6, 6.07) is 7.06. The summed E-state index contributed by atoms with van der Waals surface area (Å²) in [6.45, 7) is 2.18. The minimum absolute atomic E-state index is 0.264. The Hall–Kier alpha value is -1.31. The van der Waals surface area contributed by atoms with E-state index >= 15 is 0 Å². The quantitative estimate of drug-likeness (QED) is 0.822. The summed E-state index contributed by atoms with van der Waals surface area (Å²) in [7, 11) is 1.96. The van der Waals surface area contributed by atoms with Gasteiger partial charge in [0.1, 0.15) is 0 Å². The van der Waals surface area contributed by atoms with Crippen LogP contribution < -0.4 is 0 Å². The van der Waals surface area contributed by atoms with Gasteiger partial charge in [-0.15, -0.1) is 0 Å². The molecule has 2 heteroatoms. The molecule has 108 valence electrons. The molecule has 1 unspecified atom stereocenters. The Balaban J connectivity index is 1.66. The van der Waals surface area contributed by atoms with Crippen molar-refractivity contribution >= 4 is 5.91 Å². The minimum atomic E-state index is 0.264. The lowest BCUT2D eigenvalue weighted by molar-refractivity contribution is -0.131. The number of fused-ring (bicyclic) bond motifs is 1. The van der Waals surface area contributed by atoms with E-state index in [0.717, 1.165) is 5.92 Å². The van der Waals surface area contributed by atoms with E-state index in [0.29, 0.717) is 12.5 Å². The van der Waals surface area contributed by atoms with Crippen molar-refractivity contribution in [2.75, 3.05) is 7.05 Å². The molecule has 1 saturated carbocycles. The van der Waals surface area contributed by atoms with Crippen LogP contribution in [0.15, 0.2) is 18.2 Å². The van der Waals surface area contributed by atoms with Gasteiger partial charge in [0, 0.05) is 13.1 Å². The van der Waals surface area contributed by atoms with Crippen molar-refractivity contribution in [2.24, 2.45) is 5.92 Å². The molecule has 20 heavy (non-hydrogen) atoms. The van der Waals surface area contributed by atoms with Gasteiger partial charge < -0.3 is 4.90 Å². The summed E-state index contributed by atoms with van der Waals surface area (Å²) in [6.07, 6.45) is 8.14. The molecule has 1 fully saturated rings. The molecule has 0 saturated heterocycles. The second kappa shape index (κ2) is 5.59. The zero-order valence-electron chi connectivity index (χ0n) is 12.7. The van der Waals surface area contributed by atoms with Gasteiger partial charge in [0.05, 0.1) is 6.42 Å². The van der Waals surface area contributed by atoms with Gasteiger partial charge in [-0.2, -0.15) is 0 Å². The van der Waals surface area contributed by atoms with Gasteiger partial charge in [0.25, 0.3) is 0 Å². The van der Waals surface area contributed by atoms with Crippen molar-refractivity contribution in [1.82, 2.24) is 4.90 Å². The van der Waals surface area contributed by atoms with E-state index in [9.17, 15) is 4.79 Å². The number of likely N-dealkylation sites (N-methyl/N-ethyl adjacent to an activating group) is 1. The van der Waals surface area contributed by atoms with Gasteiger partial charge in [-0.25, -0.2) is 0 Å². The van der Waals surface area contributed by atoms with Crippen LogP contribution in [0.5, 0.6) is 0 Å². The molecule has 0 heterocycles. The molecule has 1 aromatic carbocycles. The molecule has 0 aromatic heterocycles. The third-order valence-electron chi connectivity index (χ3n) is 5.08. The molecule has 1 aromatic rings. The van der Waals surface area contributed by atoms with Crippen molar-refractivity contribution in [3.05, 3.63) is 34.9 Å². The first-order chi connectivity index (χ1) is 9.65. The van der Waals surface area contributed by atoms with Crippen LogP contribution in [0.2, 0.25) is 0 Å². The summed E-state index contributed by atoms with van der Waals surface area (Å²) in [4.78, 5) is 14.3. The molecule has 0 N–H and O–H groups in total. The van der Waals surface area contributed by atoms with Crippen LogP contribution in [-0.2, 0) is 24.1 Å². The predicted octanol–water partition coefficient (Wildman–Crippen LogP) is 3.36. The summed E-state index contributed by atoms with van der Waals surface area (Å²) in [5.41, 5.74) is 4.15. The number of hydrogen-bond acceptors (Lipinski definition) is 1. The maximum atomic E-state index is 12.4. The van der Waals surface area contributed by atoms with E-state index in [1.165, 1.54) is 55.2 Å². The number of amides is 1. The Bertz CT molecular complexity index is 504. The first-order valence-electron chi connectivity index (χ1n) is 8.01. The van der Waals surface area contributed by atoms with Crippen molar-refractivity contribution in [2.45, 2.75) is 57.9 Å². The number of aryl methyl sites for hydroxylation is 2. The molecular weight excluding hydrogens is 246 g/mol. The van der Waals surface area contributed by atoms with Crippen LogP contribution in [0.25, 0.3) is 0 Å². The number of carbonyl (C=O) groups is 1. The Morgan fingerprint density at radius 3 is 2.65 bits per heavy atom. The van der Waals surface area contributed by atoms with E-state index in [1.54, 1.807) is 0 Å². The van der Waals surface area contributed by atoms with Gasteiger partial charge in [0.15, 0.2) is 0 Å². The molecule has 2 nitrogen and oxygen atoms in total. The fraction of sp³-hybridized carbons (Fsp3) is 0.611. The first-order valence-corrected chi connectivity index (χ1v) is 8.01. The minimum Gasteiger partial charge on any atom is -0.342 e. The molecule has 3 rings (SSSR count). The molecule has 2 aliphatic rings. The van der Waals surface area contributed by atoms with Gasteiger partial charge in [0.2, 0.25) is 5.91 Å². The number of carbonyl (C=O) groups excluding carboxylic acids is 1. The average Bonchev–Trinajstić information content (AvgIpc) is 3.30. The summed E-state index contributed by atoms with van der Waals surface area (Å²) in [5.74, 6) is 1.01. The van der Waals surface area contributed by atoms with Gasteiger partial charge >= 0.3 is 0 Å². The van der Waals surface area contributed by atoms with Crippen LogP contribution in [-0.4, -0.2) is 23.9 Å². The van der Waals surface area contributed by atoms with Gasteiger partial charge in [-0.3, -0.25) is 4.79 Å². The molecule has 0 bridgehead atoms. The van der Waals surface area contributed by atoms with Crippen LogP contribution in [0, 0.1) is 5.92 Å². The predicted molar refractivity (Wildman–Crippen MR) is 81.7 cm³/mol. The molecule has 2 aliphatic carbocycles. The topological polar surface area (TPSA) is 20.3 Å². The van der Waals surface area contributed by atoms with Crippen molar-refractivity contribution < 1.29 is 4.79 Å². The van der Waals surface area contributed by atoms with Crippen LogP contribution in [0.1, 0.15) is 49.3 Å². The highest BCUT2D eigenvalue weighted by Crippen LogP contribution is 2.34. The molecule has 1 atom stereocenters.